The molecule has 0 unspecified atom stereocenters. The van der Waals surface area contributed by atoms with Gasteiger partial charge in [0.25, 0.3) is 11.8 Å². The van der Waals surface area contributed by atoms with Crippen LogP contribution in [0.5, 0.6) is 11.5 Å². The number of aliphatic carboxylic acids is 1. The van der Waals surface area contributed by atoms with Crippen molar-refractivity contribution >= 4 is 74.5 Å². The molecule has 5 rings (SSSR count). The molecular weight excluding hydrogens is 570 g/mol. The molecule has 0 saturated carbocycles. The van der Waals surface area contributed by atoms with Crippen molar-refractivity contribution in [2.24, 2.45) is 12.2 Å². The number of thiazole rings is 1. The number of fused-ring (bicyclic) bond motifs is 2. The number of imidazole rings is 1. The molecule has 2 aromatic heterocycles. The van der Waals surface area contributed by atoms with E-state index in [-0.39, 0.29) is 39.5 Å². The van der Waals surface area contributed by atoms with E-state index in [4.69, 9.17) is 10.6 Å². The molecule has 0 radical (unpaired) electrons. The molecule has 1 aromatic carbocycles. The number of carboxylic acid groups (broad SMARTS) is 1. The van der Waals surface area contributed by atoms with Gasteiger partial charge in [-0.15, -0.1) is 23.1 Å². The Kier molecular flexibility index (Phi) is 7.04. The van der Waals surface area contributed by atoms with Crippen LogP contribution in [0, 0.1) is 0 Å². The van der Waals surface area contributed by atoms with E-state index in [0.29, 0.717) is 27.5 Å². The Morgan fingerprint density at radius 1 is 1.31 bits per heavy atom. The Morgan fingerprint density at radius 2 is 2.05 bits per heavy atom. The summed E-state index contributed by atoms with van der Waals surface area (Å²) in [6, 6.07) is 1.77. The number of phenols is 2. The number of phenolic OH excluding ortho intramolecular Hbond substituents is 2. The number of aromatic hydroxyl groups is 2. The van der Waals surface area contributed by atoms with Crippen molar-refractivity contribution in [1.82, 2.24) is 24.8 Å². The van der Waals surface area contributed by atoms with Gasteiger partial charge in [0, 0.05) is 36.1 Å². The number of nitrogens with one attached hydrogen (secondary N) is 1. The molecule has 17 heteroatoms. The Hall–Kier alpha value is -3.96. The normalized spacial score (nSPS) is 19.2. The highest BCUT2D eigenvalue weighted by Gasteiger charge is 2.54. The molecule has 2 amide bonds. The van der Waals surface area contributed by atoms with E-state index in [2.05, 4.69) is 20.4 Å². The van der Waals surface area contributed by atoms with Crippen LogP contribution in [0.25, 0.3) is 11.0 Å². The number of carbonyl (C=O) groups excluding carboxylic acids is 2. The molecule has 1 fully saturated rings. The number of β-lactam (4-membered cyclic amide) rings is 1. The van der Waals surface area contributed by atoms with Crippen LogP contribution in [0.4, 0.5) is 5.13 Å². The predicted molar refractivity (Wildman–Crippen MR) is 145 cm³/mol. The van der Waals surface area contributed by atoms with Crippen LogP contribution in [0.2, 0.25) is 0 Å². The fourth-order valence-corrected chi connectivity index (χ4v) is 7.19. The molecule has 6 N–H and O–H groups in total. The van der Waals surface area contributed by atoms with E-state index in [1.165, 1.54) is 53.0 Å². The van der Waals surface area contributed by atoms with E-state index in [1.807, 2.05) is 0 Å². The molecule has 4 heterocycles. The van der Waals surface area contributed by atoms with Crippen LogP contribution >= 0.6 is 34.9 Å². The second-order valence-electron chi connectivity index (χ2n) is 8.38. The number of hydrogen-bond donors (Lipinski definition) is 5. The number of carboxylic acids is 1. The minimum Gasteiger partial charge on any atom is -0.504 e. The van der Waals surface area contributed by atoms with E-state index in [1.54, 1.807) is 11.6 Å². The summed E-state index contributed by atoms with van der Waals surface area (Å²) in [6.45, 7) is 0. The van der Waals surface area contributed by atoms with Gasteiger partial charge in [-0.25, -0.2) is 14.8 Å². The minimum absolute atomic E-state index is 0.131. The second-order valence-corrected chi connectivity index (χ2v) is 11.3. The first-order valence-electron chi connectivity index (χ1n) is 11.1. The zero-order valence-electron chi connectivity index (χ0n) is 20.3. The lowest BCUT2D eigenvalue weighted by atomic mass is 10.0. The van der Waals surface area contributed by atoms with Crippen molar-refractivity contribution < 1.29 is 34.5 Å². The van der Waals surface area contributed by atoms with Gasteiger partial charge < -0.3 is 35.8 Å². The van der Waals surface area contributed by atoms with E-state index in [0.717, 1.165) is 11.3 Å². The van der Waals surface area contributed by atoms with Crippen molar-refractivity contribution in [1.29, 1.82) is 0 Å². The number of amides is 2. The molecular formula is C22H21N7O7S3. The van der Waals surface area contributed by atoms with Gasteiger partial charge in [0.2, 0.25) is 0 Å². The lowest BCUT2D eigenvalue weighted by Gasteiger charge is -2.49. The number of nitrogens with zero attached hydrogens (tertiary/aromatic N) is 5. The average Bonchev–Trinajstić information content (AvgIpc) is 3.46. The number of aryl methyl sites for hydroxylation is 1. The van der Waals surface area contributed by atoms with Crippen molar-refractivity contribution in [2.75, 3.05) is 24.3 Å². The third-order valence-corrected chi connectivity index (χ3v) is 9.14. The van der Waals surface area contributed by atoms with Crippen LogP contribution in [-0.2, 0) is 26.3 Å². The Balaban J connectivity index is 1.33. The van der Waals surface area contributed by atoms with Crippen LogP contribution in [-0.4, -0.2) is 88.3 Å². The summed E-state index contributed by atoms with van der Waals surface area (Å²) in [4.78, 5) is 52.6. The summed E-state index contributed by atoms with van der Waals surface area (Å²) in [6.07, 6.45) is 0. The van der Waals surface area contributed by atoms with E-state index < -0.39 is 29.2 Å². The summed E-state index contributed by atoms with van der Waals surface area (Å²) in [5.41, 5.74) is 7.12. The number of aromatic nitrogens is 3. The molecule has 0 aliphatic carbocycles. The number of benzene rings is 1. The summed E-state index contributed by atoms with van der Waals surface area (Å²) >= 11 is 3.70. The topological polar surface area (TPSA) is 205 Å². The number of hydrogen-bond acceptors (Lipinski definition) is 13. The van der Waals surface area contributed by atoms with Gasteiger partial charge >= 0.3 is 5.97 Å². The molecule has 0 spiro atoms. The number of nitrogen functional groups attached to an aromatic ring is 1. The van der Waals surface area contributed by atoms with Gasteiger partial charge in [-0.3, -0.25) is 14.5 Å². The maximum Gasteiger partial charge on any atom is 0.352 e. The number of rotatable bonds is 8. The maximum atomic E-state index is 13.0. The smallest absolute Gasteiger partial charge is 0.352 e. The van der Waals surface area contributed by atoms with Crippen molar-refractivity contribution in [3.8, 4) is 11.5 Å². The van der Waals surface area contributed by atoms with Crippen LogP contribution < -0.4 is 11.1 Å². The third kappa shape index (κ3) is 4.72. The lowest BCUT2D eigenvalue weighted by molar-refractivity contribution is -0.150. The molecule has 0 bridgehead atoms. The number of thioether (sulfide) groups is 2. The number of anilines is 1. The molecule has 1 saturated heterocycles. The highest BCUT2D eigenvalue weighted by Crippen LogP contribution is 2.42. The second kappa shape index (κ2) is 10.3. The van der Waals surface area contributed by atoms with Crippen LogP contribution in [0.15, 0.2) is 39.1 Å². The quantitative estimate of drug-likeness (QED) is 0.0815. The van der Waals surface area contributed by atoms with Gasteiger partial charge in [0.15, 0.2) is 27.5 Å². The fourth-order valence-electron chi connectivity index (χ4n) is 4.17. The SMILES string of the molecule is CON=C(C(=O)N[C@@H]1C(=O)N2C(C(=O)O)=C(CSc3nc4cc(O)c(O)cc4n3C)CS[C@H]12)c1csc(N)n1. The Labute approximate surface area is 232 Å². The highest BCUT2D eigenvalue weighted by atomic mass is 32.2. The zero-order chi connectivity index (χ0) is 28.0. The van der Waals surface area contributed by atoms with Gasteiger partial charge in [0.05, 0.1) is 11.0 Å². The van der Waals surface area contributed by atoms with E-state index >= 15 is 0 Å². The largest absolute Gasteiger partial charge is 0.504 e. The van der Waals surface area contributed by atoms with Crippen LogP contribution in [0.3, 0.4) is 0 Å². The van der Waals surface area contributed by atoms with Gasteiger partial charge in [-0.05, 0) is 5.57 Å². The molecule has 204 valence electrons. The molecule has 2 atom stereocenters. The predicted octanol–water partition coefficient (Wildman–Crippen LogP) is 0.905. The summed E-state index contributed by atoms with van der Waals surface area (Å²) < 4.78 is 1.72. The Bertz CT molecular complexity index is 1580. The van der Waals surface area contributed by atoms with Crippen molar-refractivity contribution in [2.45, 2.75) is 16.6 Å². The Morgan fingerprint density at radius 3 is 2.72 bits per heavy atom. The molecule has 14 nitrogen and oxygen atoms in total. The van der Waals surface area contributed by atoms with E-state index in [9.17, 15) is 29.7 Å². The average molecular weight is 592 g/mol. The van der Waals surface area contributed by atoms with Gasteiger partial charge in [0.1, 0.15) is 29.9 Å². The number of oxime groups is 1. The maximum absolute atomic E-state index is 13.0. The highest BCUT2D eigenvalue weighted by molar-refractivity contribution is 8.01. The van der Waals surface area contributed by atoms with Gasteiger partial charge in [-0.1, -0.05) is 16.9 Å². The first-order valence-corrected chi connectivity index (χ1v) is 14.1. The monoisotopic (exact) mass is 591 g/mol. The fraction of sp³-hybridized carbons (Fsp3) is 0.273. The van der Waals surface area contributed by atoms with Crippen LogP contribution in [0.1, 0.15) is 5.69 Å². The zero-order valence-corrected chi connectivity index (χ0v) is 22.8. The molecule has 2 aliphatic heterocycles. The standard InChI is InChI=1S/C22H21N7O7S3/c1-28-11-4-13(31)12(30)3-9(11)25-22(28)39-6-8-5-37-19-15(18(33)29(19)16(8)20(34)35)26-17(32)14(27-36-2)10-7-38-21(23)24-10/h3-4,7,15,19,30-31H,5-6H2,1-2H3,(H2,23,24)(H,26,32)(H,34,35)/t15-,19-/m1/s1. The summed E-state index contributed by atoms with van der Waals surface area (Å²) in [5, 5.41) is 37.5. The summed E-state index contributed by atoms with van der Waals surface area (Å²) in [5.74, 6) is -2.56. The number of nitrogens with two attached hydrogens (primary N) is 1. The lowest BCUT2D eigenvalue weighted by Crippen LogP contribution is -2.71. The van der Waals surface area contributed by atoms with Gasteiger partial charge in [-0.2, -0.15) is 0 Å². The number of carbonyl (C=O) groups is 3. The molecule has 39 heavy (non-hydrogen) atoms. The third-order valence-electron chi connectivity index (χ3n) is 6.01. The molecule has 2 aliphatic rings. The van der Waals surface area contributed by atoms with Crippen molar-refractivity contribution in [3.63, 3.8) is 0 Å². The first-order chi connectivity index (χ1) is 18.6. The first kappa shape index (κ1) is 26.6. The minimum atomic E-state index is -1.26. The molecule has 3 aromatic rings. The summed E-state index contributed by atoms with van der Waals surface area (Å²) in [7, 11) is 3.00. The van der Waals surface area contributed by atoms with Crippen molar-refractivity contribution in [3.05, 3.63) is 34.5 Å².